The molecule has 0 aliphatic rings. The molecule has 1 aromatic carbocycles. The second-order valence-corrected chi connectivity index (χ2v) is 6.24. The summed E-state index contributed by atoms with van der Waals surface area (Å²) in [4.78, 5) is 0.162. The van der Waals surface area contributed by atoms with Gasteiger partial charge in [0.2, 0.25) is 10.0 Å². The number of rotatable bonds is 6. The molecule has 6 nitrogen and oxygen atoms in total. The summed E-state index contributed by atoms with van der Waals surface area (Å²) in [6.45, 7) is 0.121. The molecule has 2 N–H and O–H groups in total. The lowest BCUT2D eigenvalue weighted by atomic mass is 10.2. The fourth-order valence-corrected chi connectivity index (χ4v) is 2.93. The molecule has 0 unspecified atom stereocenters. The van der Waals surface area contributed by atoms with Crippen LogP contribution in [0.5, 0.6) is 0 Å². The largest absolute Gasteiger partial charge is 0.392 e. The lowest BCUT2D eigenvalue weighted by Gasteiger charge is -2.07. The summed E-state index contributed by atoms with van der Waals surface area (Å²) in [5.74, 6) is 0. The zero-order valence-corrected chi connectivity index (χ0v) is 12.0. The van der Waals surface area contributed by atoms with Gasteiger partial charge in [0.15, 0.2) is 0 Å². The van der Waals surface area contributed by atoms with Crippen molar-refractivity contribution in [2.24, 2.45) is 7.05 Å². The van der Waals surface area contributed by atoms with Gasteiger partial charge in [0.05, 0.1) is 17.7 Å². The van der Waals surface area contributed by atoms with E-state index >= 15 is 0 Å². The Bertz CT molecular complexity index is 680. The predicted octanol–water partition coefficient (Wildman–Crippen LogP) is 0.433. The fourth-order valence-electron chi connectivity index (χ4n) is 1.83. The molecule has 0 radical (unpaired) electrons. The third-order valence-electron chi connectivity index (χ3n) is 2.86. The van der Waals surface area contributed by atoms with Crippen molar-refractivity contribution in [3.05, 3.63) is 47.8 Å². The highest BCUT2D eigenvalue weighted by atomic mass is 32.2. The number of sulfonamides is 1. The molecule has 0 amide bonds. The van der Waals surface area contributed by atoms with Crippen molar-refractivity contribution in [1.82, 2.24) is 14.5 Å². The molecule has 7 heteroatoms. The van der Waals surface area contributed by atoms with Gasteiger partial charge in [-0.25, -0.2) is 13.1 Å². The molecular formula is C13H17N3O3S. The maximum absolute atomic E-state index is 12.1. The third-order valence-corrected chi connectivity index (χ3v) is 4.31. The first-order valence-corrected chi connectivity index (χ1v) is 7.66. The molecule has 0 aliphatic heterocycles. The molecule has 20 heavy (non-hydrogen) atoms. The second-order valence-electron chi connectivity index (χ2n) is 4.48. The first kappa shape index (κ1) is 14.7. The highest BCUT2D eigenvalue weighted by Crippen LogP contribution is 2.11. The summed E-state index contributed by atoms with van der Waals surface area (Å²) in [5.41, 5.74) is 1.54. The molecule has 1 aromatic heterocycles. The van der Waals surface area contributed by atoms with Gasteiger partial charge in [0.25, 0.3) is 0 Å². The second kappa shape index (κ2) is 6.17. The Morgan fingerprint density at radius 1 is 1.35 bits per heavy atom. The van der Waals surface area contributed by atoms with Crippen molar-refractivity contribution in [1.29, 1.82) is 0 Å². The summed E-state index contributed by atoms with van der Waals surface area (Å²) in [6, 6.07) is 6.26. The molecule has 0 fully saturated rings. The van der Waals surface area contributed by atoms with Crippen molar-refractivity contribution >= 4 is 10.0 Å². The number of aliphatic hydroxyl groups excluding tert-OH is 1. The summed E-state index contributed by atoms with van der Waals surface area (Å²) in [7, 11) is -1.73. The van der Waals surface area contributed by atoms with Crippen LogP contribution in [-0.4, -0.2) is 29.8 Å². The molecule has 1 heterocycles. The van der Waals surface area contributed by atoms with Crippen LogP contribution in [-0.2, 0) is 30.1 Å². The summed E-state index contributed by atoms with van der Waals surface area (Å²) >= 11 is 0. The Labute approximate surface area is 118 Å². The van der Waals surface area contributed by atoms with Gasteiger partial charge < -0.3 is 5.11 Å². The molecule has 0 spiro atoms. The SMILES string of the molecule is Cn1cc(CCNS(=O)(=O)c2cccc(CO)c2)cn1. The lowest BCUT2D eigenvalue weighted by Crippen LogP contribution is -2.26. The minimum atomic E-state index is -3.54. The maximum atomic E-state index is 12.1. The van der Waals surface area contributed by atoms with E-state index in [0.717, 1.165) is 5.56 Å². The van der Waals surface area contributed by atoms with Gasteiger partial charge in [0.1, 0.15) is 0 Å². The minimum Gasteiger partial charge on any atom is -0.392 e. The van der Waals surface area contributed by atoms with Gasteiger partial charge in [-0.2, -0.15) is 5.10 Å². The van der Waals surface area contributed by atoms with Crippen LogP contribution in [0, 0.1) is 0 Å². The van der Waals surface area contributed by atoms with Crippen LogP contribution in [0.1, 0.15) is 11.1 Å². The summed E-state index contributed by atoms with van der Waals surface area (Å²) < 4.78 is 28.4. The van der Waals surface area contributed by atoms with Crippen LogP contribution in [0.25, 0.3) is 0 Å². The maximum Gasteiger partial charge on any atom is 0.240 e. The predicted molar refractivity (Wildman–Crippen MR) is 74.5 cm³/mol. The Balaban J connectivity index is 2.00. The van der Waals surface area contributed by atoms with Crippen molar-refractivity contribution in [2.75, 3.05) is 6.54 Å². The number of nitrogens with zero attached hydrogens (tertiary/aromatic N) is 2. The van der Waals surface area contributed by atoms with E-state index < -0.39 is 10.0 Å². The van der Waals surface area contributed by atoms with E-state index in [1.165, 1.54) is 12.1 Å². The Morgan fingerprint density at radius 2 is 2.15 bits per heavy atom. The Hall–Kier alpha value is -1.70. The van der Waals surface area contributed by atoms with Crippen molar-refractivity contribution < 1.29 is 13.5 Å². The minimum absolute atomic E-state index is 0.162. The first-order valence-electron chi connectivity index (χ1n) is 6.18. The third kappa shape index (κ3) is 3.66. The molecule has 0 saturated carbocycles. The highest BCUT2D eigenvalue weighted by molar-refractivity contribution is 7.89. The number of hydrogen-bond donors (Lipinski definition) is 2. The molecule has 108 valence electrons. The molecule has 0 aliphatic carbocycles. The van der Waals surface area contributed by atoms with Gasteiger partial charge in [-0.15, -0.1) is 0 Å². The number of aromatic nitrogens is 2. The molecule has 2 rings (SSSR count). The van der Waals surface area contributed by atoms with Gasteiger partial charge in [-0.3, -0.25) is 4.68 Å². The number of aliphatic hydroxyl groups is 1. The van der Waals surface area contributed by atoms with E-state index in [-0.39, 0.29) is 11.5 Å². The average Bonchev–Trinajstić information content (AvgIpc) is 2.84. The van der Waals surface area contributed by atoms with E-state index in [9.17, 15) is 8.42 Å². The van der Waals surface area contributed by atoms with Gasteiger partial charge in [-0.05, 0) is 29.7 Å². The zero-order chi connectivity index (χ0) is 14.6. The standard InChI is InChI=1S/C13H17N3O3S/c1-16-9-12(8-14-16)5-6-15-20(18,19)13-4-2-3-11(7-13)10-17/h2-4,7-9,15,17H,5-6,10H2,1H3. The van der Waals surface area contributed by atoms with Crippen LogP contribution in [0.2, 0.25) is 0 Å². The van der Waals surface area contributed by atoms with E-state index in [2.05, 4.69) is 9.82 Å². The van der Waals surface area contributed by atoms with E-state index in [1.54, 1.807) is 23.0 Å². The van der Waals surface area contributed by atoms with Crippen LogP contribution in [0.15, 0.2) is 41.6 Å². The van der Waals surface area contributed by atoms with Crippen LogP contribution in [0.3, 0.4) is 0 Å². The lowest BCUT2D eigenvalue weighted by molar-refractivity contribution is 0.281. The monoisotopic (exact) mass is 295 g/mol. The first-order chi connectivity index (χ1) is 9.51. The number of hydrogen-bond acceptors (Lipinski definition) is 4. The number of nitrogens with one attached hydrogen (secondary N) is 1. The van der Waals surface area contributed by atoms with Crippen LogP contribution < -0.4 is 4.72 Å². The highest BCUT2D eigenvalue weighted by Gasteiger charge is 2.13. The Kier molecular flexibility index (Phi) is 4.53. The molecule has 0 atom stereocenters. The quantitative estimate of drug-likeness (QED) is 0.809. The van der Waals surface area contributed by atoms with E-state index in [1.807, 2.05) is 13.2 Å². The molecular weight excluding hydrogens is 278 g/mol. The van der Waals surface area contributed by atoms with Gasteiger partial charge >= 0.3 is 0 Å². The normalized spacial score (nSPS) is 11.7. The van der Waals surface area contributed by atoms with Crippen LogP contribution in [0.4, 0.5) is 0 Å². The average molecular weight is 295 g/mol. The molecule has 0 saturated heterocycles. The topological polar surface area (TPSA) is 84.2 Å². The number of aryl methyl sites for hydroxylation is 1. The van der Waals surface area contributed by atoms with Crippen molar-refractivity contribution in [2.45, 2.75) is 17.9 Å². The zero-order valence-electron chi connectivity index (χ0n) is 11.2. The van der Waals surface area contributed by atoms with Gasteiger partial charge in [-0.1, -0.05) is 12.1 Å². The fraction of sp³-hybridized carbons (Fsp3) is 0.308. The van der Waals surface area contributed by atoms with E-state index in [4.69, 9.17) is 5.11 Å². The van der Waals surface area contributed by atoms with Crippen molar-refractivity contribution in [3.8, 4) is 0 Å². The van der Waals surface area contributed by atoms with Crippen molar-refractivity contribution in [3.63, 3.8) is 0 Å². The van der Waals surface area contributed by atoms with Gasteiger partial charge in [0, 0.05) is 19.8 Å². The molecule has 0 bridgehead atoms. The summed E-state index contributed by atoms with van der Waals surface area (Å²) in [5, 5.41) is 13.1. The van der Waals surface area contributed by atoms with Crippen LogP contribution >= 0.6 is 0 Å². The smallest absolute Gasteiger partial charge is 0.240 e. The number of benzene rings is 1. The summed E-state index contributed by atoms with van der Waals surface area (Å²) in [6.07, 6.45) is 4.13. The molecule has 2 aromatic rings. The van der Waals surface area contributed by atoms with E-state index in [0.29, 0.717) is 18.5 Å². The Morgan fingerprint density at radius 3 is 2.80 bits per heavy atom.